The molecule has 9 heteroatoms. The molecule has 2 aromatic carbocycles. The summed E-state index contributed by atoms with van der Waals surface area (Å²) in [4.78, 5) is 24.8. The Balaban J connectivity index is 1.53. The highest BCUT2D eigenvalue weighted by molar-refractivity contribution is 6.36. The molecule has 0 saturated heterocycles. The van der Waals surface area contributed by atoms with Crippen molar-refractivity contribution >= 4 is 46.5 Å². The average molecular weight is 419 g/mol. The van der Waals surface area contributed by atoms with E-state index in [2.05, 4.69) is 15.7 Å². The number of anilines is 2. The third kappa shape index (κ3) is 3.46. The lowest BCUT2D eigenvalue weighted by Gasteiger charge is -2.11. The molecule has 1 aromatic heterocycles. The van der Waals surface area contributed by atoms with Gasteiger partial charge in [0, 0.05) is 10.6 Å². The molecule has 1 atom stereocenters. The summed E-state index contributed by atoms with van der Waals surface area (Å²) in [7, 11) is 0. The Kier molecular flexibility index (Phi) is 4.78. The van der Waals surface area contributed by atoms with E-state index >= 15 is 0 Å². The van der Waals surface area contributed by atoms with E-state index < -0.39 is 11.9 Å². The minimum Gasteiger partial charge on any atom is -0.325 e. The zero-order valence-electron chi connectivity index (χ0n) is 14.2. The zero-order chi connectivity index (χ0) is 19.8. The molecule has 2 heterocycles. The minimum atomic E-state index is -0.796. The number of amides is 2. The molecule has 0 spiro atoms. The number of hydrogen-bond donors (Lipinski definition) is 2. The number of rotatable bonds is 4. The van der Waals surface area contributed by atoms with Crippen LogP contribution in [0.1, 0.15) is 12.5 Å². The Morgan fingerprint density at radius 2 is 1.96 bits per heavy atom. The Morgan fingerprint density at radius 1 is 1.21 bits per heavy atom. The number of aromatic nitrogens is 2. The summed E-state index contributed by atoms with van der Waals surface area (Å²) >= 11 is 11.9. The van der Waals surface area contributed by atoms with Crippen LogP contribution in [0.5, 0.6) is 0 Å². The number of carbonyl (C=O) groups is 2. The molecule has 1 aliphatic heterocycles. The quantitative estimate of drug-likeness (QED) is 0.653. The third-order valence-corrected chi connectivity index (χ3v) is 4.92. The van der Waals surface area contributed by atoms with Gasteiger partial charge < -0.3 is 10.6 Å². The van der Waals surface area contributed by atoms with Crippen LogP contribution < -0.4 is 10.6 Å². The van der Waals surface area contributed by atoms with Crippen molar-refractivity contribution in [2.24, 2.45) is 0 Å². The van der Waals surface area contributed by atoms with Gasteiger partial charge in [-0.25, -0.2) is 9.07 Å². The van der Waals surface area contributed by atoms with Crippen molar-refractivity contribution in [1.29, 1.82) is 0 Å². The van der Waals surface area contributed by atoms with Crippen molar-refractivity contribution in [2.45, 2.75) is 12.5 Å². The highest BCUT2D eigenvalue weighted by Gasteiger charge is 2.35. The second-order valence-corrected chi connectivity index (χ2v) is 7.08. The molecule has 0 radical (unpaired) electrons. The lowest BCUT2D eigenvalue weighted by atomic mass is 10.1. The van der Waals surface area contributed by atoms with Gasteiger partial charge in [-0.2, -0.15) is 5.10 Å². The molecule has 142 valence electrons. The zero-order valence-corrected chi connectivity index (χ0v) is 15.8. The lowest BCUT2D eigenvalue weighted by Crippen LogP contribution is -2.23. The Morgan fingerprint density at radius 3 is 2.68 bits per heavy atom. The fraction of sp³-hybridized carbons (Fsp3) is 0.105. The summed E-state index contributed by atoms with van der Waals surface area (Å²) in [5.74, 6) is -0.620. The van der Waals surface area contributed by atoms with Crippen LogP contribution in [-0.2, 0) is 9.59 Å². The Hall–Kier alpha value is -2.90. The lowest BCUT2D eigenvalue weighted by molar-refractivity contribution is -0.123. The number of fused-ring (bicyclic) bond motifs is 1. The first-order valence-corrected chi connectivity index (χ1v) is 9.07. The van der Waals surface area contributed by atoms with E-state index in [1.165, 1.54) is 22.9 Å². The molecule has 0 saturated carbocycles. The summed E-state index contributed by atoms with van der Waals surface area (Å²) in [5, 5.41) is 10.4. The maximum atomic E-state index is 13.1. The highest BCUT2D eigenvalue weighted by atomic mass is 35.5. The summed E-state index contributed by atoms with van der Waals surface area (Å²) in [6, 6.07) is 9.77. The van der Waals surface area contributed by atoms with Crippen LogP contribution in [-0.4, -0.2) is 21.6 Å². The van der Waals surface area contributed by atoms with Crippen LogP contribution in [0.3, 0.4) is 0 Å². The van der Waals surface area contributed by atoms with Gasteiger partial charge in [0.15, 0.2) is 0 Å². The summed E-state index contributed by atoms with van der Waals surface area (Å²) < 4.78 is 14.6. The van der Waals surface area contributed by atoms with Crippen molar-refractivity contribution in [2.75, 3.05) is 10.6 Å². The molecule has 3 aromatic rings. The molecule has 2 amide bonds. The standard InChI is InChI=1S/C19H13Cl2FN4O2/c20-11-3-6-15(14(21)7-11)24-17(27)8-16-19(28)25-18-13(9-23-26(16)18)10-1-4-12(22)5-2-10/h1-7,9,16H,8H2,(H,24,27)(H,25,28). The molecule has 2 N–H and O–H groups in total. The third-order valence-electron chi connectivity index (χ3n) is 4.37. The highest BCUT2D eigenvalue weighted by Crippen LogP contribution is 2.36. The first-order chi connectivity index (χ1) is 13.4. The van der Waals surface area contributed by atoms with Gasteiger partial charge in [-0.1, -0.05) is 35.3 Å². The summed E-state index contributed by atoms with van der Waals surface area (Å²) in [5.41, 5.74) is 1.76. The number of halogens is 3. The van der Waals surface area contributed by atoms with Crippen LogP contribution in [0.2, 0.25) is 10.0 Å². The molecule has 1 aliphatic rings. The number of carbonyl (C=O) groups excluding carboxylic acids is 2. The first kappa shape index (κ1) is 18.5. The predicted molar refractivity (Wildman–Crippen MR) is 105 cm³/mol. The van der Waals surface area contributed by atoms with E-state index in [0.717, 1.165) is 0 Å². The van der Waals surface area contributed by atoms with Crippen LogP contribution in [0, 0.1) is 5.82 Å². The van der Waals surface area contributed by atoms with Crippen LogP contribution in [0.15, 0.2) is 48.7 Å². The van der Waals surface area contributed by atoms with E-state index in [-0.39, 0.29) is 18.1 Å². The number of hydrogen-bond acceptors (Lipinski definition) is 3. The van der Waals surface area contributed by atoms with E-state index in [4.69, 9.17) is 23.2 Å². The van der Waals surface area contributed by atoms with Crippen molar-refractivity contribution in [1.82, 2.24) is 9.78 Å². The smallest absolute Gasteiger partial charge is 0.251 e. The fourth-order valence-electron chi connectivity index (χ4n) is 3.02. The topological polar surface area (TPSA) is 76.0 Å². The van der Waals surface area contributed by atoms with Crippen molar-refractivity contribution in [3.05, 3.63) is 64.5 Å². The van der Waals surface area contributed by atoms with Crippen LogP contribution >= 0.6 is 23.2 Å². The van der Waals surface area contributed by atoms with Crippen LogP contribution in [0.25, 0.3) is 11.1 Å². The van der Waals surface area contributed by atoms with Gasteiger partial charge in [0.05, 0.1) is 23.3 Å². The van der Waals surface area contributed by atoms with Gasteiger partial charge in [-0.3, -0.25) is 9.59 Å². The SMILES string of the molecule is O=C(CC1C(=O)Nc2c(-c3ccc(F)cc3)cnn21)Nc1ccc(Cl)cc1Cl. The Bertz CT molecular complexity index is 1080. The maximum Gasteiger partial charge on any atom is 0.251 e. The largest absolute Gasteiger partial charge is 0.325 e. The van der Waals surface area contributed by atoms with Crippen molar-refractivity contribution < 1.29 is 14.0 Å². The predicted octanol–water partition coefficient (Wildman–Crippen LogP) is 4.52. The van der Waals surface area contributed by atoms with Crippen molar-refractivity contribution in [3.63, 3.8) is 0 Å². The van der Waals surface area contributed by atoms with E-state index in [1.54, 1.807) is 30.5 Å². The number of nitrogens with zero attached hydrogens (tertiary/aromatic N) is 2. The molecule has 4 rings (SSSR count). The van der Waals surface area contributed by atoms with Gasteiger partial charge in [0.2, 0.25) is 5.91 Å². The van der Waals surface area contributed by atoms with Gasteiger partial charge in [0.25, 0.3) is 5.91 Å². The molecule has 0 fully saturated rings. The van der Waals surface area contributed by atoms with E-state index in [0.29, 0.717) is 32.7 Å². The number of nitrogens with one attached hydrogen (secondary N) is 2. The summed E-state index contributed by atoms with van der Waals surface area (Å²) in [6.45, 7) is 0. The average Bonchev–Trinajstić information content (AvgIpc) is 3.18. The second-order valence-electron chi connectivity index (χ2n) is 6.24. The van der Waals surface area contributed by atoms with Gasteiger partial charge >= 0.3 is 0 Å². The maximum absolute atomic E-state index is 13.1. The minimum absolute atomic E-state index is 0.123. The molecular formula is C19H13Cl2FN4O2. The van der Waals surface area contributed by atoms with E-state index in [1.807, 2.05) is 0 Å². The Labute approximate surface area is 169 Å². The molecule has 0 aliphatic carbocycles. The van der Waals surface area contributed by atoms with E-state index in [9.17, 15) is 14.0 Å². The molecule has 28 heavy (non-hydrogen) atoms. The molecule has 0 bridgehead atoms. The normalized spacial score (nSPS) is 15.2. The summed E-state index contributed by atoms with van der Waals surface area (Å²) in [6.07, 6.45) is 1.45. The first-order valence-electron chi connectivity index (χ1n) is 8.31. The van der Waals surface area contributed by atoms with Gasteiger partial charge in [-0.05, 0) is 35.9 Å². The van der Waals surface area contributed by atoms with Gasteiger partial charge in [0.1, 0.15) is 17.7 Å². The molecular weight excluding hydrogens is 406 g/mol. The number of benzene rings is 2. The monoisotopic (exact) mass is 418 g/mol. The van der Waals surface area contributed by atoms with Crippen LogP contribution in [0.4, 0.5) is 15.9 Å². The molecule has 6 nitrogen and oxygen atoms in total. The van der Waals surface area contributed by atoms with Crippen molar-refractivity contribution in [3.8, 4) is 11.1 Å². The fourth-order valence-corrected chi connectivity index (χ4v) is 3.48. The molecule has 1 unspecified atom stereocenters. The van der Waals surface area contributed by atoms with Gasteiger partial charge in [-0.15, -0.1) is 0 Å². The second kappa shape index (κ2) is 7.26.